The van der Waals surface area contributed by atoms with Crippen LogP contribution in [0.3, 0.4) is 0 Å². The van der Waals surface area contributed by atoms with Gasteiger partial charge in [-0.2, -0.15) is 0 Å². The van der Waals surface area contributed by atoms with Crippen LogP contribution < -0.4 is 17.2 Å². The van der Waals surface area contributed by atoms with Gasteiger partial charge < -0.3 is 62.0 Å². The van der Waals surface area contributed by atoms with Gasteiger partial charge in [0, 0.05) is 19.6 Å². The number of hydrogen-bond acceptors (Lipinski definition) is 12. The molecule has 0 aliphatic carbocycles. The Kier molecular flexibility index (Phi) is 17.6. The molecular formula is C27H57B3N6O9. The van der Waals surface area contributed by atoms with E-state index in [4.69, 9.17) is 47.3 Å². The zero-order valence-corrected chi connectivity index (χ0v) is 27.8. The predicted octanol–water partition coefficient (Wildman–Crippen LogP) is -3.08. The number of hydrogen-bond donors (Lipinski definition) is 9. The van der Waals surface area contributed by atoms with E-state index in [1.807, 2.05) is 41.5 Å². The van der Waals surface area contributed by atoms with Crippen molar-refractivity contribution < 1.29 is 44.5 Å². The molecule has 0 unspecified atom stereocenters. The third-order valence-corrected chi connectivity index (χ3v) is 8.79. The molecule has 0 aromatic heterocycles. The summed E-state index contributed by atoms with van der Waals surface area (Å²) < 4.78 is 0. The summed E-state index contributed by atoms with van der Waals surface area (Å²) in [5.41, 5.74) is 17.2. The number of nitrogens with zero attached hydrogens (tertiary/aromatic N) is 3. The lowest BCUT2D eigenvalue weighted by atomic mass is 9.77. The maximum atomic E-state index is 11.9. The van der Waals surface area contributed by atoms with Gasteiger partial charge in [0.05, 0.1) is 35.9 Å². The van der Waals surface area contributed by atoms with E-state index in [0.29, 0.717) is 38.9 Å². The van der Waals surface area contributed by atoms with Crippen molar-refractivity contribution in [2.24, 2.45) is 35.0 Å². The van der Waals surface area contributed by atoms with Gasteiger partial charge in [-0.15, -0.1) is 0 Å². The predicted molar refractivity (Wildman–Crippen MR) is 173 cm³/mol. The van der Waals surface area contributed by atoms with E-state index < -0.39 is 57.3 Å². The van der Waals surface area contributed by atoms with Gasteiger partial charge in [0.1, 0.15) is 0 Å². The van der Waals surface area contributed by atoms with Crippen LogP contribution in [0.4, 0.5) is 0 Å². The molecule has 0 saturated carbocycles. The first kappa shape index (κ1) is 41.3. The van der Waals surface area contributed by atoms with Crippen LogP contribution in [-0.4, -0.2) is 140 Å². The van der Waals surface area contributed by atoms with E-state index in [2.05, 4.69) is 0 Å². The molecule has 0 spiro atoms. The Morgan fingerprint density at radius 1 is 0.511 bits per heavy atom. The summed E-state index contributed by atoms with van der Waals surface area (Å²) in [6, 6.07) is -1.65. The Bertz CT molecular complexity index is 820. The molecule has 3 fully saturated rings. The molecular weight excluding hydrogens is 585 g/mol. The van der Waals surface area contributed by atoms with E-state index in [0.717, 1.165) is 19.3 Å². The quantitative estimate of drug-likeness (QED) is 0.114. The first-order chi connectivity index (χ1) is 20.8. The normalized spacial score (nSPS) is 23.3. The fourth-order valence-electron chi connectivity index (χ4n) is 5.56. The Hall–Kier alpha value is -1.76. The minimum atomic E-state index is -1.46. The summed E-state index contributed by atoms with van der Waals surface area (Å²) in [5.74, 6) is -1.80. The van der Waals surface area contributed by atoms with Gasteiger partial charge in [0.2, 0.25) is 17.7 Å². The molecule has 3 rings (SSSR count). The van der Waals surface area contributed by atoms with Crippen LogP contribution in [0.2, 0.25) is 0 Å². The van der Waals surface area contributed by atoms with Crippen molar-refractivity contribution in [3.05, 3.63) is 0 Å². The van der Waals surface area contributed by atoms with Crippen molar-refractivity contribution in [1.82, 2.24) is 14.7 Å². The van der Waals surface area contributed by atoms with Crippen LogP contribution in [0.1, 0.15) is 80.1 Å². The maximum absolute atomic E-state index is 11.9. The first-order valence-electron chi connectivity index (χ1n) is 16.1. The van der Waals surface area contributed by atoms with E-state index in [1.165, 1.54) is 14.7 Å². The Labute approximate surface area is 268 Å². The third kappa shape index (κ3) is 11.8. The molecule has 0 aromatic carbocycles. The van der Waals surface area contributed by atoms with Gasteiger partial charge in [0.25, 0.3) is 0 Å². The smallest absolute Gasteiger partial charge is 0.426 e. The van der Waals surface area contributed by atoms with Gasteiger partial charge in [-0.25, -0.2) is 0 Å². The van der Waals surface area contributed by atoms with E-state index in [-0.39, 0.29) is 35.5 Å². The summed E-state index contributed by atoms with van der Waals surface area (Å²) in [4.78, 5) is 40.1. The molecule has 3 saturated heterocycles. The standard InChI is InChI=1S/3C9H19BN2O3/c3*1-6(2)8(11)9(13)12-5-3-4-7(12)10(14)15/h3*6-8,14-15H,3-5,11H2,1-2H3/t3*7-,8-/m000/s1. The highest BCUT2D eigenvalue weighted by molar-refractivity contribution is 6.44. The monoisotopic (exact) mass is 642 g/mol. The summed E-state index contributed by atoms with van der Waals surface area (Å²) >= 11 is 0. The molecule has 3 heterocycles. The Morgan fingerprint density at radius 2 is 0.711 bits per heavy atom. The average Bonchev–Trinajstić information content (AvgIpc) is 3.75. The minimum Gasteiger partial charge on any atom is -0.426 e. The molecule has 0 bridgehead atoms. The Morgan fingerprint density at radius 3 is 0.867 bits per heavy atom. The zero-order chi connectivity index (χ0) is 34.8. The lowest BCUT2D eigenvalue weighted by molar-refractivity contribution is -0.134. The average molecular weight is 642 g/mol. The zero-order valence-electron chi connectivity index (χ0n) is 27.8. The number of carbonyl (C=O) groups excluding carboxylic acids is 3. The summed E-state index contributed by atoms with van der Waals surface area (Å²) in [6.07, 6.45) is 4.31. The molecule has 3 aliphatic rings. The van der Waals surface area contributed by atoms with Gasteiger partial charge in [-0.3, -0.25) is 14.4 Å². The molecule has 3 amide bonds. The first-order valence-corrected chi connectivity index (χ1v) is 16.1. The van der Waals surface area contributed by atoms with Crippen molar-refractivity contribution >= 4 is 39.1 Å². The van der Waals surface area contributed by atoms with Gasteiger partial charge in [-0.1, -0.05) is 41.5 Å². The number of carbonyl (C=O) groups is 3. The molecule has 6 atom stereocenters. The highest BCUT2D eigenvalue weighted by atomic mass is 16.4. The van der Waals surface area contributed by atoms with E-state index in [9.17, 15) is 14.4 Å². The fraction of sp³-hybridized carbons (Fsp3) is 0.889. The molecule has 0 radical (unpaired) electrons. The molecule has 12 N–H and O–H groups in total. The molecule has 45 heavy (non-hydrogen) atoms. The third-order valence-electron chi connectivity index (χ3n) is 8.79. The van der Waals surface area contributed by atoms with Gasteiger partial charge in [-0.05, 0) is 56.3 Å². The van der Waals surface area contributed by atoms with Gasteiger partial charge in [0.15, 0.2) is 0 Å². The second-order valence-electron chi connectivity index (χ2n) is 13.3. The molecule has 18 heteroatoms. The topological polar surface area (TPSA) is 260 Å². The van der Waals surface area contributed by atoms with E-state index >= 15 is 0 Å². The number of likely N-dealkylation sites (tertiary alicyclic amines) is 3. The van der Waals surface area contributed by atoms with Crippen molar-refractivity contribution in [3.63, 3.8) is 0 Å². The number of nitrogens with two attached hydrogens (primary N) is 3. The lowest BCUT2D eigenvalue weighted by Crippen LogP contribution is -2.52. The maximum Gasteiger partial charge on any atom is 0.475 e. The fourth-order valence-corrected chi connectivity index (χ4v) is 5.56. The van der Waals surface area contributed by atoms with Crippen molar-refractivity contribution in [1.29, 1.82) is 0 Å². The van der Waals surface area contributed by atoms with Crippen LogP contribution in [-0.2, 0) is 14.4 Å². The number of rotatable bonds is 9. The van der Waals surface area contributed by atoms with Crippen molar-refractivity contribution in [3.8, 4) is 0 Å². The lowest BCUT2D eigenvalue weighted by Gasteiger charge is -2.28. The van der Waals surface area contributed by atoms with Gasteiger partial charge >= 0.3 is 21.4 Å². The minimum absolute atomic E-state index is 0.0644. The second kappa shape index (κ2) is 19.2. The van der Waals surface area contributed by atoms with E-state index in [1.54, 1.807) is 0 Å². The second-order valence-corrected chi connectivity index (χ2v) is 13.3. The molecule has 258 valence electrons. The van der Waals surface area contributed by atoms with Crippen molar-refractivity contribution in [2.45, 2.75) is 116 Å². The highest BCUT2D eigenvalue weighted by Crippen LogP contribution is 2.22. The van der Waals surface area contributed by atoms with Crippen LogP contribution in [0.15, 0.2) is 0 Å². The summed E-state index contributed by atoms with van der Waals surface area (Å²) in [5, 5.41) is 54.7. The van der Waals surface area contributed by atoms with Crippen LogP contribution in [0.5, 0.6) is 0 Å². The largest absolute Gasteiger partial charge is 0.475 e. The SMILES string of the molecule is CC(C)[C@H](N)C(=O)N1CCC[C@H]1B(O)O.CC(C)[C@H](N)C(=O)N1CCC[C@H]1B(O)O.CC(C)[C@H](N)C(=O)N1CCC[C@H]1B(O)O. The van der Waals surface area contributed by atoms with Crippen LogP contribution in [0.25, 0.3) is 0 Å². The summed E-state index contributed by atoms with van der Waals surface area (Å²) in [6.45, 7) is 13.0. The van der Waals surface area contributed by atoms with Crippen molar-refractivity contribution in [2.75, 3.05) is 19.6 Å². The summed E-state index contributed by atoms with van der Waals surface area (Å²) in [7, 11) is -4.39. The number of amides is 3. The van der Waals surface area contributed by atoms with Crippen LogP contribution in [0, 0.1) is 17.8 Å². The van der Waals surface area contributed by atoms with Crippen LogP contribution >= 0.6 is 0 Å². The Balaban J connectivity index is 0.000000337. The molecule has 15 nitrogen and oxygen atoms in total. The highest BCUT2D eigenvalue weighted by Gasteiger charge is 2.41. The molecule has 0 aromatic rings. The molecule has 3 aliphatic heterocycles.